The zero-order valence-corrected chi connectivity index (χ0v) is 15.4. The Labute approximate surface area is 154 Å². The number of nitrogens with zero attached hydrogens (tertiary/aromatic N) is 1. The number of nitrogens with one attached hydrogen (secondary N) is 1. The van der Waals surface area contributed by atoms with Crippen molar-refractivity contribution in [1.82, 2.24) is 10.2 Å². The van der Waals surface area contributed by atoms with Gasteiger partial charge >= 0.3 is 6.18 Å². The Hall–Kier alpha value is -0.820. The number of nitrogens with two attached hydrogens (primary N) is 1. The number of rotatable bonds is 5. The number of piperidine rings is 1. The molecule has 3 rings (SSSR count). The van der Waals surface area contributed by atoms with Gasteiger partial charge in [-0.05, 0) is 75.8 Å². The summed E-state index contributed by atoms with van der Waals surface area (Å²) in [5.41, 5.74) is 6.29. The molecular formula is C19H32F3N3O. The van der Waals surface area contributed by atoms with E-state index in [1.807, 2.05) is 0 Å². The summed E-state index contributed by atoms with van der Waals surface area (Å²) in [7, 11) is 0. The molecule has 2 saturated carbocycles. The summed E-state index contributed by atoms with van der Waals surface area (Å²) in [4.78, 5) is 14.0. The Morgan fingerprint density at radius 1 is 1.08 bits per heavy atom. The van der Waals surface area contributed by atoms with Crippen molar-refractivity contribution in [2.45, 2.75) is 63.6 Å². The summed E-state index contributed by atoms with van der Waals surface area (Å²) in [6.07, 6.45) is 3.70. The molecule has 1 heterocycles. The van der Waals surface area contributed by atoms with Crippen molar-refractivity contribution in [3.63, 3.8) is 0 Å². The average Bonchev–Trinajstić information content (AvgIpc) is 2.54. The number of carbonyl (C=O) groups excluding carboxylic acids is 1. The van der Waals surface area contributed by atoms with Gasteiger partial charge in [-0.25, -0.2) is 0 Å². The highest BCUT2D eigenvalue weighted by Gasteiger charge is 2.40. The lowest BCUT2D eigenvalue weighted by Crippen LogP contribution is -2.49. The summed E-state index contributed by atoms with van der Waals surface area (Å²) in [6.45, 7) is 0.841. The Kier molecular flexibility index (Phi) is 6.49. The Morgan fingerprint density at radius 3 is 2.27 bits per heavy atom. The van der Waals surface area contributed by atoms with Crippen molar-refractivity contribution in [1.29, 1.82) is 0 Å². The van der Waals surface area contributed by atoms with E-state index in [2.05, 4.69) is 5.32 Å². The van der Waals surface area contributed by atoms with Gasteiger partial charge in [0.15, 0.2) is 0 Å². The van der Waals surface area contributed by atoms with Crippen molar-refractivity contribution in [3.8, 4) is 0 Å². The highest BCUT2D eigenvalue weighted by molar-refractivity contribution is 5.78. The first-order valence-corrected chi connectivity index (χ1v) is 10.1. The second-order valence-electron chi connectivity index (χ2n) is 8.61. The van der Waals surface area contributed by atoms with Gasteiger partial charge in [0.25, 0.3) is 0 Å². The van der Waals surface area contributed by atoms with Crippen LogP contribution in [0.25, 0.3) is 0 Å². The van der Waals surface area contributed by atoms with Gasteiger partial charge in [-0.2, -0.15) is 13.2 Å². The maximum absolute atomic E-state index is 12.5. The van der Waals surface area contributed by atoms with Gasteiger partial charge < -0.3 is 11.1 Å². The van der Waals surface area contributed by atoms with Crippen LogP contribution in [0, 0.1) is 23.7 Å². The second kappa shape index (κ2) is 8.46. The van der Waals surface area contributed by atoms with Crippen LogP contribution < -0.4 is 11.1 Å². The second-order valence-corrected chi connectivity index (χ2v) is 8.61. The lowest BCUT2D eigenvalue weighted by Gasteiger charge is -2.43. The first kappa shape index (κ1) is 19.9. The maximum atomic E-state index is 12.5. The number of carbonyl (C=O) groups is 1. The van der Waals surface area contributed by atoms with E-state index in [9.17, 15) is 18.0 Å². The van der Waals surface area contributed by atoms with Gasteiger partial charge in [-0.15, -0.1) is 0 Å². The third kappa shape index (κ3) is 5.35. The smallest absolute Gasteiger partial charge is 0.356 e. The van der Waals surface area contributed by atoms with Crippen molar-refractivity contribution in [2.24, 2.45) is 29.4 Å². The molecule has 150 valence electrons. The van der Waals surface area contributed by atoms with Crippen LogP contribution in [0.1, 0.15) is 51.4 Å². The summed E-state index contributed by atoms with van der Waals surface area (Å²) in [6, 6.07) is 0.273. The molecule has 1 saturated heterocycles. The van der Waals surface area contributed by atoms with E-state index in [0.717, 1.165) is 44.9 Å². The predicted molar refractivity (Wildman–Crippen MR) is 94.4 cm³/mol. The first-order chi connectivity index (χ1) is 12.3. The SMILES string of the molecule is NC1C2CCCC1CC(C(=O)NCCC1CCN(CC(F)(F)F)CC1)C2. The Bertz CT molecular complexity index is 463. The zero-order valence-electron chi connectivity index (χ0n) is 15.4. The van der Waals surface area contributed by atoms with Crippen LogP contribution in [-0.2, 0) is 4.79 Å². The highest BCUT2D eigenvalue weighted by atomic mass is 19.4. The van der Waals surface area contributed by atoms with E-state index in [4.69, 9.17) is 5.73 Å². The van der Waals surface area contributed by atoms with Crippen LogP contribution in [0.15, 0.2) is 0 Å². The number of amides is 1. The van der Waals surface area contributed by atoms with Gasteiger partial charge in [0.2, 0.25) is 5.91 Å². The van der Waals surface area contributed by atoms with Crippen LogP contribution in [0.3, 0.4) is 0 Å². The highest BCUT2D eigenvalue weighted by Crippen LogP contribution is 2.41. The molecule has 7 heteroatoms. The third-order valence-corrected chi connectivity index (χ3v) is 6.75. The maximum Gasteiger partial charge on any atom is 0.401 e. The normalized spacial score (nSPS) is 33.8. The molecule has 1 amide bonds. The molecule has 2 atom stereocenters. The molecule has 3 N–H and O–H groups in total. The predicted octanol–water partition coefficient (Wildman–Crippen LogP) is 2.92. The lowest BCUT2D eigenvalue weighted by atomic mass is 9.65. The standard InChI is InChI=1S/C19H32F3N3O/c20-19(21,22)12-25-8-5-13(6-9-25)4-7-24-18(26)16-10-14-2-1-3-15(11-16)17(14)23/h13-17H,1-12,23H2,(H,24,26). The van der Waals surface area contributed by atoms with E-state index < -0.39 is 12.7 Å². The van der Waals surface area contributed by atoms with Crippen molar-refractivity contribution in [3.05, 3.63) is 0 Å². The van der Waals surface area contributed by atoms with Gasteiger partial charge in [0, 0.05) is 18.5 Å². The zero-order chi connectivity index (χ0) is 18.7. The van der Waals surface area contributed by atoms with Gasteiger partial charge in [-0.1, -0.05) is 6.42 Å². The third-order valence-electron chi connectivity index (χ3n) is 6.75. The molecule has 0 spiro atoms. The molecular weight excluding hydrogens is 343 g/mol. The van der Waals surface area contributed by atoms with Crippen LogP contribution in [0.2, 0.25) is 0 Å². The summed E-state index contributed by atoms with van der Waals surface area (Å²) in [5, 5.41) is 3.08. The topological polar surface area (TPSA) is 58.4 Å². The van der Waals surface area contributed by atoms with Crippen LogP contribution in [-0.4, -0.2) is 49.2 Å². The summed E-state index contributed by atoms with van der Waals surface area (Å²) < 4.78 is 37.3. The summed E-state index contributed by atoms with van der Waals surface area (Å²) >= 11 is 0. The summed E-state index contributed by atoms with van der Waals surface area (Å²) in [5.74, 6) is 1.66. The van der Waals surface area contributed by atoms with Crippen LogP contribution >= 0.6 is 0 Å². The lowest BCUT2D eigenvalue weighted by molar-refractivity contribution is -0.148. The quantitative estimate of drug-likeness (QED) is 0.777. The van der Waals surface area contributed by atoms with E-state index in [-0.39, 0.29) is 17.9 Å². The van der Waals surface area contributed by atoms with Crippen molar-refractivity contribution >= 4 is 5.91 Å². The molecule has 0 aromatic carbocycles. The number of fused-ring (bicyclic) bond motifs is 2. The molecule has 3 fully saturated rings. The molecule has 1 aliphatic heterocycles. The molecule has 2 aliphatic carbocycles. The fraction of sp³-hybridized carbons (Fsp3) is 0.947. The van der Waals surface area contributed by atoms with Gasteiger partial charge in [-0.3, -0.25) is 9.69 Å². The van der Waals surface area contributed by atoms with Crippen LogP contribution in [0.4, 0.5) is 13.2 Å². The number of alkyl halides is 3. The largest absolute Gasteiger partial charge is 0.401 e. The van der Waals surface area contributed by atoms with Crippen molar-refractivity contribution in [2.75, 3.05) is 26.2 Å². The molecule has 0 aromatic rings. The minimum Gasteiger partial charge on any atom is -0.356 e. The molecule has 26 heavy (non-hydrogen) atoms. The average molecular weight is 375 g/mol. The molecule has 4 nitrogen and oxygen atoms in total. The van der Waals surface area contributed by atoms with E-state index in [1.165, 1.54) is 11.3 Å². The van der Waals surface area contributed by atoms with E-state index >= 15 is 0 Å². The monoisotopic (exact) mass is 375 g/mol. The van der Waals surface area contributed by atoms with E-state index in [0.29, 0.717) is 37.4 Å². The molecule has 0 radical (unpaired) electrons. The molecule has 2 unspecified atom stereocenters. The van der Waals surface area contributed by atoms with Crippen molar-refractivity contribution < 1.29 is 18.0 Å². The molecule has 2 bridgehead atoms. The van der Waals surface area contributed by atoms with E-state index in [1.54, 1.807) is 0 Å². The van der Waals surface area contributed by atoms with Gasteiger partial charge in [0.1, 0.15) is 0 Å². The number of likely N-dealkylation sites (tertiary alicyclic amines) is 1. The Balaban J connectivity index is 1.33. The minimum atomic E-state index is -4.11. The van der Waals surface area contributed by atoms with Gasteiger partial charge in [0.05, 0.1) is 6.54 Å². The molecule has 3 aliphatic rings. The van der Waals surface area contributed by atoms with Crippen LogP contribution in [0.5, 0.6) is 0 Å². The first-order valence-electron chi connectivity index (χ1n) is 10.1. The minimum absolute atomic E-state index is 0.0960. The number of hydrogen-bond acceptors (Lipinski definition) is 3. The fourth-order valence-corrected chi connectivity index (χ4v) is 5.23. The molecule has 0 aromatic heterocycles. The Morgan fingerprint density at radius 2 is 1.69 bits per heavy atom. The number of halogens is 3. The number of hydrogen-bond donors (Lipinski definition) is 2. The fourth-order valence-electron chi connectivity index (χ4n) is 5.23.